The highest BCUT2D eigenvalue weighted by atomic mass is 16.6. The van der Waals surface area contributed by atoms with Gasteiger partial charge in [-0.15, -0.1) is 6.58 Å². The van der Waals surface area contributed by atoms with Crippen molar-refractivity contribution in [2.75, 3.05) is 0 Å². The van der Waals surface area contributed by atoms with Gasteiger partial charge in [0.2, 0.25) is 0 Å². The second-order valence-corrected chi connectivity index (χ2v) is 5.57. The van der Waals surface area contributed by atoms with E-state index in [9.17, 15) is 14.7 Å². The molecule has 5 unspecified atom stereocenters. The molecule has 0 spiro atoms. The van der Waals surface area contributed by atoms with Crippen molar-refractivity contribution in [2.24, 2.45) is 17.3 Å². The average molecular weight is 262 g/mol. The Balaban J connectivity index is 2.49. The number of carbonyl (C=O) groups excluding carboxylic acids is 2. The van der Waals surface area contributed by atoms with Gasteiger partial charge in [-0.3, -0.25) is 4.79 Å². The molecule has 2 fully saturated rings. The lowest BCUT2D eigenvalue weighted by Crippen LogP contribution is -2.50. The topological polar surface area (TPSA) is 63.6 Å². The smallest absolute Gasteiger partial charge is 0.334 e. The van der Waals surface area contributed by atoms with E-state index in [0.29, 0.717) is 18.3 Å². The largest absolute Gasteiger partial charge is 0.458 e. The summed E-state index contributed by atoms with van der Waals surface area (Å²) in [6, 6.07) is 0. The van der Waals surface area contributed by atoms with Crippen molar-refractivity contribution in [1.29, 1.82) is 0 Å². The SMILES string of the molecule is C=CC1(C)CC(O)C2C(=C)C(=O)OC2C1C(=C)C=O. The van der Waals surface area contributed by atoms with Crippen LogP contribution in [0.1, 0.15) is 13.3 Å². The first kappa shape index (κ1) is 13.7. The Morgan fingerprint density at radius 2 is 2.21 bits per heavy atom. The average Bonchev–Trinajstić information content (AvgIpc) is 2.65. The van der Waals surface area contributed by atoms with E-state index in [0.717, 1.165) is 0 Å². The Morgan fingerprint density at radius 3 is 2.74 bits per heavy atom. The van der Waals surface area contributed by atoms with Gasteiger partial charge in [0, 0.05) is 11.5 Å². The molecule has 102 valence electrons. The van der Waals surface area contributed by atoms with Crippen LogP contribution in [0.5, 0.6) is 0 Å². The number of allylic oxidation sites excluding steroid dienone is 1. The molecule has 0 bridgehead atoms. The van der Waals surface area contributed by atoms with Crippen LogP contribution >= 0.6 is 0 Å². The molecular formula is C15H18O4. The summed E-state index contributed by atoms with van der Waals surface area (Å²) >= 11 is 0. The third-order valence-electron chi connectivity index (χ3n) is 4.38. The van der Waals surface area contributed by atoms with Gasteiger partial charge in [-0.05, 0) is 17.4 Å². The molecule has 19 heavy (non-hydrogen) atoms. The summed E-state index contributed by atoms with van der Waals surface area (Å²) in [6.07, 6.45) is 1.44. The summed E-state index contributed by atoms with van der Waals surface area (Å²) < 4.78 is 5.31. The summed E-state index contributed by atoms with van der Waals surface area (Å²) in [4.78, 5) is 22.7. The molecule has 4 heteroatoms. The minimum Gasteiger partial charge on any atom is -0.458 e. The second kappa shape index (κ2) is 4.46. The highest BCUT2D eigenvalue weighted by molar-refractivity contribution is 5.91. The van der Waals surface area contributed by atoms with Crippen molar-refractivity contribution in [3.8, 4) is 0 Å². The van der Waals surface area contributed by atoms with E-state index in [-0.39, 0.29) is 11.5 Å². The number of rotatable bonds is 3. The second-order valence-electron chi connectivity index (χ2n) is 5.57. The quantitative estimate of drug-likeness (QED) is 0.361. The summed E-state index contributed by atoms with van der Waals surface area (Å²) in [5.74, 6) is -1.35. The van der Waals surface area contributed by atoms with Crippen LogP contribution in [0, 0.1) is 17.3 Å². The molecular weight excluding hydrogens is 244 g/mol. The molecule has 1 saturated heterocycles. The molecule has 2 rings (SSSR count). The Morgan fingerprint density at radius 1 is 1.58 bits per heavy atom. The van der Waals surface area contributed by atoms with Crippen molar-refractivity contribution < 1.29 is 19.4 Å². The number of carbonyl (C=O) groups is 2. The third kappa shape index (κ3) is 1.87. The normalized spacial score (nSPS) is 41.4. The molecule has 0 aromatic heterocycles. The number of aliphatic hydroxyl groups excluding tert-OH is 1. The predicted octanol–water partition coefficient (Wildman–Crippen LogP) is 1.41. The first-order chi connectivity index (χ1) is 8.85. The Labute approximate surface area is 112 Å². The molecule has 0 amide bonds. The Hall–Kier alpha value is -1.68. The first-order valence-electron chi connectivity index (χ1n) is 6.21. The fourth-order valence-corrected chi connectivity index (χ4v) is 3.33. The number of ether oxygens (including phenoxy) is 1. The van der Waals surface area contributed by atoms with Crippen molar-refractivity contribution >= 4 is 12.3 Å². The van der Waals surface area contributed by atoms with E-state index in [1.165, 1.54) is 0 Å². The highest BCUT2D eigenvalue weighted by Crippen LogP contribution is 2.52. The lowest BCUT2D eigenvalue weighted by Gasteiger charge is -2.46. The number of esters is 1. The number of fused-ring (bicyclic) bond motifs is 1. The van der Waals surface area contributed by atoms with Crippen LogP contribution in [0.4, 0.5) is 0 Å². The van der Waals surface area contributed by atoms with Crippen molar-refractivity contribution in [3.05, 3.63) is 37.0 Å². The van der Waals surface area contributed by atoms with Crippen molar-refractivity contribution in [1.82, 2.24) is 0 Å². The van der Waals surface area contributed by atoms with Gasteiger partial charge in [0.1, 0.15) is 12.4 Å². The summed E-state index contributed by atoms with van der Waals surface area (Å²) in [5.41, 5.74) is 0.0860. The molecule has 1 saturated carbocycles. The van der Waals surface area contributed by atoms with Crippen molar-refractivity contribution in [2.45, 2.75) is 25.6 Å². The zero-order valence-electron chi connectivity index (χ0n) is 11.0. The summed E-state index contributed by atoms with van der Waals surface area (Å²) in [6.45, 7) is 13.1. The first-order valence-corrected chi connectivity index (χ1v) is 6.21. The highest BCUT2D eigenvalue weighted by Gasteiger charge is 2.57. The van der Waals surface area contributed by atoms with Gasteiger partial charge in [0.15, 0.2) is 0 Å². The molecule has 0 radical (unpaired) electrons. The number of hydrogen-bond donors (Lipinski definition) is 1. The van der Waals surface area contributed by atoms with Gasteiger partial charge in [0.05, 0.1) is 12.0 Å². The zero-order valence-corrected chi connectivity index (χ0v) is 11.0. The lowest BCUT2D eigenvalue weighted by molar-refractivity contribution is -0.146. The maximum Gasteiger partial charge on any atom is 0.334 e. The van der Waals surface area contributed by atoms with Crippen LogP contribution in [-0.4, -0.2) is 29.6 Å². The standard InChI is InChI=1S/C15H18O4/c1-5-15(4)6-10(17)11-9(3)14(18)19-13(11)12(15)8(2)7-16/h5,7,10-13,17H,1-3,6H2,4H3. The monoisotopic (exact) mass is 262 g/mol. The lowest BCUT2D eigenvalue weighted by atomic mass is 9.59. The van der Waals surface area contributed by atoms with E-state index >= 15 is 0 Å². The van der Waals surface area contributed by atoms with Crippen LogP contribution in [0.2, 0.25) is 0 Å². The van der Waals surface area contributed by atoms with Gasteiger partial charge in [-0.25, -0.2) is 4.79 Å². The third-order valence-corrected chi connectivity index (χ3v) is 4.38. The van der Waals surface area contributed by atoms with Gasteiger partial charge < -0.3 is 9.84 Å². The predicted molar refractivity (Wildman–Crippen MR) is 70.1 cm³/mol. The Bertz CT molecular complexity index is 479. The number of hydrogen-bond acceptors (Lipinski definition) is 4. The minimum atomic E-state index is -0.734. The maximum atomic E-state index is 11.7. The molecule has 1 aliphatic heterocycles. The van der Waals surface area contributed by atoms with Crippen LogP contribution in [0.25, 0.3) is 0 Å². The van der Waals surface area contributed by atoms with E-state index in [1.807, 2.05) is 6.92 Å². The molecule has 5 atom stereocenters. The Kier molecular flexibility index (Phi) is 3.22. The molecule has 1 N–H and O–H groups in total. The molecule has 0 aromatic rings. The van der Waals surface area contributed by atoms with Crippen molar-refractivity contribution in [3.63, 3.8) is 0 Å². The van der Waals surface area contributed by atoms with Gasteiger partial charge >= 0.3 is 5.97 Å². The van der Waals surface area contributed by atoms with E-state index in [1.54, 1.807) is 6.08 Å². The fraction of sp³-hybridized carbons (Fsp3) is 0.467. The molecule has 0 aromatic carbocycles. The van der Waals surface area contributed by atoms with Crippen LogP contribution in [0.3, 0.4) is 0 Å². The summed E-state index contributed by atoms with van der Waals surface area (Å²) in [7, 11) is 0. The number of aliphatic hydroxyl groups is 1. The molecule has 1 aliphatic carbocycles. The van der Waals surface area contributed by atoms with Crippen LogP contribution in [-0.2, 0) is 14.3 Å². The van der Waals surface area contributed by atoms with Crippen LogP contribution < -0.4 is 0 Å². The van der Waals surface area contributed by atoms with Gasteiger partial charge in [-0.1, -0.05) is 26.2 Å². The fourth-order valence-electron chi connectivity index (χ4n) is 3.33. The molecule has 2 aliphatic rings. The maximum absolute atomic E-state index is 11.7. The number of aldehydes is 1. The van der Waals surface area contributed by atoms with E-state index in [2.05, 4.69) is 19.7 Å². The molecule has 4 nitrogen and oxygen atoms in total. The molecule has 1 heterocycles. The minimum absolute atomic E-state index is 0.271. The summed E-state index contributed by atoms with van der Waals surface area (Å²) in [5, 5.41) is 10.2. The van der Waals surface area contributed by atoms with E-state index in [4.69, 9.17) is 4.74 Å². The van der Waals surface area contributed by atoms with E-state index < -0.39 is 29.5 Å². The zero-order chi connectivity index (χ0) is 14.4. The van der Waals surface area contributed by atoms with Gasteiger partial charge in [-0.2, -0.15) is 0 Å². The van der Waals surface area contributed by atoms with Crippen LogP contribution in [0.15, 0.2) is 37.0 Å². The van der Waals surface area contributed by atoms with Gasteiger partial charge in [0.25, 0.3) is 0 Å².